The first-order valence-corrected chi connectivity index (χ1v) is 5.96. The van der Waals surface area contributed by atoms with E-state index in [9.17, 15) is 4.79 Å². The van der Waals surface area contributed by atoms with E-state index in [0.717, 1.165) is 6.42 Å². The summed E-state index contributed by atoms with van der Waals surface area (Å²) in [6, 6.07) is 1.90. The van der Waals surface area contributed by atoms with Crippen LogP contribution in [0.5, 0.6) is 0 Å². The Balaban J connectivity index is 2.74. The van der Waals surface area contributed by atoms with Gasteiger partial charge in [-0.3, -0.25) is 9.48 Å². The Hall–Kier alpha value is -1.03. The van der Waals surface area contributed by atoms with Gasteiger partial charge in [0.05, 0.1) is 0 Å². The molecule has 0 fully saturated rings. The van der Waals surface area contributed by atoms with Crippen LogP contribution in [0.4, 0.5) is 0 Å². The van der Waals surface area contributed by atoms with E-state index in [1.807, 2.05) is 13.8 Å². The molecule has 0 aromatic carbocycles. The predicted octanol–water partition coefficient (Wildman–Crippen LogP) is 1.90. The zero-order valence-electron chi connectivity index (χ0n) is 9.98. The Morgan fingerprint density at radius 1 is 1.62 bits per heavy atom. The van der Waals surface area contributed by atoms with Crippen molar-refractivity contribution < 1.29 is 4.79 Å². The summed E-state index contributed by atoms with van der Waals surface area (Å²) < 4.78 is 1.63. The molecular weight excluding hydrogens is 226 g/mol. The lowest BCUT2D eigenvalue weighted by molar-refractivity contribution is 0.0699. The minimum absolute atomic E-state index is 0.0271. The van der Waals surface area contributed by atoms with Gasteiger partial charge in [-0.1, -0.05) is 0 Å². The number of rotatable bonds is 5. The van der Waals surface area contributed by atoms with Gasteiger partial charge in [0.2, 0.25) is 0 Å². The van der Waals surface area contributed by atoms with Crippen molar-refractivity contribution in [3.05, 3.63) is 18.0 Å². The summed E-state index contributed by atoms with van der Waals surface area (Å²) in [5.74, 6) is 0.541. The number of aryl methyl sites for hydroxylation is 1. The van der Waals surface area contributed by atoms with Crippen LogP contribution in [0, 0.1) is 0 Å². The molecule has 1 aromatic heterocycles. The smallest absolute Gasteiger partial charge is 0.274 e. The van der Waals surface area contributed by atoms with E-state index in [1.54, 1.807) is 28.9 Å². The average Bonchev–Trinajstić information content (AvgIpc) is 2.64. The van der Waals surface area contributed by atoms with E-state index in [2.05, 4.69) is 5.10 Å². The van der Waals surface area contributed by atoms with Crippen LogP contribution in [0.3, 0.4) is 0 Å². The maximum absolute atomic E-state index is 12.1. The zero-order valence-corrected chi connectivity index (χ0v) is 10.7. The van der Waals surface area contributed by atoms with Gasteiger partial charge in [-0.25, -0.2) is 0 Å². The first-order valence-electron chi connectivity index (χ1n) is 5.43. The average molecular weight is 244 g/mol. The maximum atomic E-state index is 12.1. The molecule has 4 nitrogen and oxygen atoms in total. The van der Waals surface area contributed by atoms with Gasteiger partial charge in [0.1, 0.15) is 5.69 Å². The van der Waals surface area contributed by atoms with Crippen LogP contribution < -0.4 is 0 Å². The van der Waals surface area contributed by atoms with Crippen molar-refractivity contribution in [3.8, 4) is 0 Å². The van der Waals surface area contributed by atoms with Gasteiger partial charge >= 0.3 is 0 Å². The molecule has 90 valence electrons. The molecule has 0 unspecified atom stereocenters. The third kappa shape index (κ3) is 3.23. The predicted molar refractivity (Wildman–Crippen MR) is 64.7 cm³/mol. The number of carbonyl (C=O) groups excluding carboxylic acids is 1. The second-order valence-corrected chi connectivity index (χ2v) is 4.39. The molecule has 0 aliphatic carbocycles. The van der Waals surface area contributed by atoms with Gasteiger partial charge in [0.15, 0.2) is 0 Å². The van der Waals surface area contributed by atoms with Crippen LogP contribution in [-0.4, -0.2) is 39.1 Å². The molecule has 0 saturated heterocycles. The third-order valence-corrected chi connectivity index (χ3v) is 2.62. The van der Waals surface area contributed by atoms with E-state index in [4.69, 9.17) is 11.6 Å². The molecule has 0 saturated carbocycles. The van der Waals surface area contributed by atoms with Crippen molar-refractivity contribution in [2.45, 2.75) is 26.3 Å². The van der Waals surface area contributed by atoms with Gasteiger partial charge in [-0.05, 0) is 26.3 Å². The van der Waals surface area contributed by atoms with Gasteiger partial charge in [0.25, 0.3) is 5.91 Å². The fraction of sp³-hybridized carbons (Fsp3) is 0.636. The fourth-order valence-electron chi connectivity index (χ4n) is 1.50. The molecule has 0 atom stereocenters. The Kier molecular flexibility index (Phi) is 4.80. The number of hydrogen-bond acceptors (Lipinski definition) is 2. The Morgan fingerprint density at radius 3 is 2.75 bits per heavy atom. The van der Waals surface area contributed by atoms with Gasteiger partial charge in [-0.2, -0.15) is 5.10 Å². The van der Waals surface area contributed by atoms with E-state index in [0.29, 0.717) is 18.1 Å². The van der Waals surface area contributed by atoms with E-state index in [1.165, 1.54) is 0 Å². The monoisotopic (exact) mass is 243 g/mol. The number of alkyl halides is 1. The molecule has 0 aliphatic heterocycles. The van der Waals surface area contributed by atoms with Crippen LogP contribution in [0.1, 0.15) is 30.8 Å². The second-order valence-electron chi connectivity index (χ2n) is 4.01. The highest BCUT2D eigenvalue weighted by atomic mass is 35.5. The van der Waals surface area contributed by atoms with Gasteiger partial charge in [0, 0.05) is 31.7 Å². The summed E-state index contributed by atoms with van der Waals surface area (Å²) >= 11 is 5.65. The maximum Gasteiger partial charge on any atom is 0.274 e. The first kappa shape index (κ1) is 13.0. The minimum atomic E-state index is -0.0271. The zero-order chi connectivity index (χ0) is 12.1. The number of halogens is 1. The highest BCUT2D eigenvalue weighted by molar-refractivity contribution is 6.17. The quantitative estimate of drug-likeness (QED) is 0.741. The molecule has 1 aromatic rings. The summed E-state index contributed by atoms with van der Waals surface area (Å²) in [5, 5.41) is 4.11. The second kappa shape index (κ2) is 5.89. The van der Waals surface area contributed by atoms with Crippen molar-refractivity contribution in [2.75, 3.05) is 12.4 Å². The molecule has 0 radical (unpaired) electrons. The van der Waals surface area contributed by atoms with E-state index in [-0.39, 0.29) is 11.9 Å². The number of carbonyl (C=O) groups is 1. The summed E-state index contributed by atoms with van der Waals surface area (Å²) in [6.07, 6.45) is 2.57. The number of amides is 1. The first-order chi connectivity index (χ1) is 7.56. The molecule has 1 heterocycles. The highest BCUT2D eigenvalue weighted by Gasteiger charge is 2.19. The molecule has 0 N–H and O–H groups in total. The van der Waals surface area contributed by atoms with Crippen molar-refractivity contribution in [3.63, 3.8) is 0 Å². The van der Waals surface area contributed by atoms with Crippen LogP contribution in [0.25, 0.3) is 0 Å². The van der Waals surface area contributed by atoms with E-state index >= 15 is 0 Å². The highest BCUT2D eigenvalue weighted by Crippen LogP contribution is 2.07. The van der Waals surface area contributed by atoms with Crippen LogP contribution in [-0.2, 0) is 7.05 Å². The number of hydrogen-bond donors (Lipinski definition) is 0. The fourth-order valence-corrected chi connectivity index (χ4v) is 1.62. The Labute approximate surface area is 101 Å². The van der Waals surface area contributed by atoms with Crippen LogP contribution in [0.2, 0.25) is 0 Å². The van der Waals surface area contributed by atoms with Crippen molar-refractivity contribution >= 4 is 17.5 Å². The standard InChI is InChI=1S/C11H18ClN3O/c1-9(2)15(7-4-6-12)11(16)10-5-8-14(3)13-10/h5,8-9H,4,6-7H2,1-3H3. The topological polar surface area (TPSA) is 38.1 Å². The molecule has 0 aliphatic rings. The van der Waals surface area contributed by atoms with Crippen molar-refractivity contribution in [1.82, 2.24) is 14.7 Å². The molecular formula is C11H18ClN3O. The third-order valence-electron chi connectivity index (χ3n) is 2.35. The molecule has 0 spiro atoms. The van der Waals surface area contributed by atoms with Crippen molar-refractivity contribution in [1.29, 1.82) is 0 Å². The molecule has 1 rings (SSSR count). The largest absolute Gasteiger partial charge is 0.335 e. The van der Waals surface area contributed by atoms with E-state index < -0.39 is 0 Å². The molecule has 1 amide bonds. The van der Waals surface area contributed by atoms with Crippen LogP contribution in [0.15, 0.2) is 12.3 Å². The summed E-state index contributed by atoms with van der Waals surface area (Å²) in [6.45, 7) is 4.67. The lowest BCUT2D eigenvalue weighted by Crippen LogP contribution is -2.38. The van der Waals surface area contributed by atoms with Gasteiger partial charge < -0.3 is 4.90 Å². The Morgan fingerprint density at radius 2 is 2.31 bits per heavy atom. The number of nitrogens with zero attached hydrogens (tertiary/aromatic N) is 3. The van der Waals surface area contributed by atoms with Crippen molar-refractivity contribution in [2.24, 2.45) is 7.05 Å². The number of aromatic nitrogens is 2. The van der Waals surface area contributed by atoms with Crippen LogP contribution >= 0.6 is 11.6 Å². The lowest BCUT2D eigenvalue weighted by atomic mass is 10.2. The minimum Gasteiger partial charge on any atom is -0.335 e. The molecule has 16 heavy (non-hydrogen) atoms. The summed E-state index contributed by atoms with van der Waals surface area (Å²) in [5.41, 5.74) is 0.491. The molecule has 0 bridgehead atoms. The SMILES string of the molecule is CC(C)N(CCCCl)C(=O)c1ccn(C)n1. The summed E-state index contributed by atoms with van der Waals surface area (Å²) in [7, 11) is 1.80. The Bertz CT molecular complexity index is 349. The summed E-state index contributed by atoms with van der Waals surface area (Å²) in [4.78, 5) is 13.9. The van der Waals surface area contributed by atoms with Gasteiger partial charge in [-0.15, -0.1) is 11.6 Å². The molecule has 5 heteroatoms. The lowest BCUT2D eigenvalue weighted by Gasteiger charge is -2.25. The normalized spacial score (nSPS) is 10.8.